The predicted molar refractivity (Wildman–Crippen MR) is 203 cm³/mol. The minimum absolute atomic E-state index is 0. The Balaban J connectivity index is 0.000000347. The van der Waals surface area contributed by atoms with Gasteiger partial charge in [0.15, 0.2) is 5.78 Å². The first kappa shape index (κ1) is 40.7. The van der Waals surface area contributed by atoms with E-state index in [4.69, 9.17) is 9.40 Å². The van der Waals surface area contributed by atoms with Crippen LogP contribution in [0.2, 0.25) is 0 Å². The van der Waals surface area contributed by atoms with Gasteiger partial charge in [-0.15, -0.1) is 35.9 Å². The second kappa shape index (κ2) is 16.1. The number of furan rings is 1. The summed E-state index contributed by atoms with van der Waals surface area (Å²) in [5, 5.41) is 12.2. The summed E-state index contributed by atoms with van der Waals surface area (Å²) in [6.45, 7) is 27.1. The van der Waals surface area contributed by atoms with Crippen molar-refractivity contribution in [1.82, 2.24) is 4.98 Å². The van der Waals surface area contributed by atoms with E-state index in [1.807, 2.05) is 52.1 Å². The Labute approximate surface area is 309 Å². The Morgan fingerprint density at radius 3 is 2.06 bits per heavy atom. The quantitative estimate of drug-likeness (QED) is 0.104. The van der Waals surface area contributed by atoms with Gasteiger partial charge in [-0.05, 0) is 90.9 Å². The number of carbonyl (C=O) groups excluding carboxylic acids is 1. The van der Waals surface area contributed by atoms with Gasteiger partial charge < -0.3 is 14.5 Å². The SMILES string of the molecule is CCC(CC)C(=O)/C=C(\O)C(CC)CC.Cc1c(CC(C)(C)C)c2c(c3oc4c(-c5[c-]cccc5)nccc4c13)C(C)(C)CCC2(C)C.[Ir]. The third kappa shape index (κ3) is 8.59. The minimum atomic E-state index is 0. The Bertz CT molecular complexity index is 1760. The molecule has 0 saturated heterocycles. The van der Waals surface area contributed by atoms with E-state index < -0.39 is 0 Å². The molecule has 5 rings (SSSR count). The average molecular weight is 843 g/mol. The Morgan fingerprint density at radius 2 is 1.53 bits per heavy atom. The predicted octanol–water partition coefficient (Wildman–Crippen LogP) is 12.6. The molecule has 0 fully saturated rings. The van der Waals surface area contributed by atoms with Gasteiger partial charge in [0.2, 0.25) is 0 Å². The van der Waals surface area contributed by atoms with Crippen molar-refractivity contribution in [2.24, 2.45) is 17.3 Å². The maximum Gasteiger partial charge on any atom is 0.162 e. The van der Waals surface area contributed by atoms with E-state index in [0.29, 0.717) is 0 Å². The smallest absolute Gasteiger partial charge is 0.162 e. The number of aromatic nitrogens is 1. The number of hydrogen-bond donors (Lipinski definition) is 1. The fourth-order valence-electron chi connectivity index (χ4n) is 7.71. The van der Waals surface area contributed by atoms with E-state index in [2.05, 4.69) is 73.6 Å². The van der Waals surface area contributed by atoms with Crippen molar-refractivity contribution < 1.29 is 34.4 Å². The maximum absolute atomic E-state index is 11.7. The van der Waals surface area contributed by atoms with Crippen LogP contribution in [0.3, 0.4) is 0 Å². The van der Waals surface area contributed by atoms with Gasteiger partial charge in [-0.1, -0.05) is 76.2 Å². The molecular formula is C44H60IrNO3-. The molecule has 5 heteroatoms. The molecule has 4 nitrogen and oxygen atoms in total. The summed E-state index contributed by atoms with van der Waals surface area (Å²) < 4.78 is 6.85. The molecule has 2 heterocycles. The molecule has 1 radical (unpaired) electrons. The molecule has 1 aliphatic rings. The Morgan fingerprint density at radius 1 is 0.939 bits per heavy atom. The van der Waals surface area contributed by atoms with Crippen LogP contribution in [-0.4, -0.2) is 15.9 Å². The summed E-state index contributed by atoms with van der Waals surface area (Å²) in [6, 6.07) is 13.5. The number of aryl methyl sites for hydroxylation is 1. The van der Waals surface area contributed by atoms with Crippen molar-refractivity contribution in [2.75, 3.05) is 0 Å². The van der Waals surface area contributed by atoms with E-state index in [1.165, 1.54) is 45.5 Å². The molecule has 1 aliphatic carbocycles. The Hall–Kier alpha value is -2.75. The summed E-state index contributed by atoms with van der Waals surface area (Å²) >= 11 is 0. The molecule has 0 saturated carbocycles. The van der Waals surface area contributed by atoms with Gasteiger partial charge in [0, 0.05) is 66.2 Å². The van der Waals surface area contributed by atoms with Crippen LogP contribution in [0.25, 0.3) is 33.2 Å². The van der Waals surface area contributed by atoms with Crippen molar-refractivity contribution in [2.45, 2.75) is 139 Å². The summed E-state index contributed by atoms with van der Waals surface area (Å²) in [7, 11) is 0. The van der Waals surface area contributed by atoms with Crippen molar-refractivity contribution in [1.29, 1.82) is 0 Å². The Kier molecular flexibility index (Phi) is 13.3. The molecule has 0 aliphatic heterocycles. The molecule has 0 amide bonds. The molecule has 49 heavy (non-hydrogen) atoms. The summed E-state index contributed by atoms with van der Waals surface area (Å²) in [6.07, 6.45) is 10.2. The van der Waals surface area contributed by atoms with Gasteiger partial charge in [0.1, 0.15) is 11.2 Å². The average Bonchev–Trinajstić information content (AvgIpc) is 3.42. The summed E-state index contributed by atoms with van der Waals surface area (Å²) in [5.74, 6) is 0.547. The number of benzene rings is 2. The molecule has 0 unspecified atom stereocenters. The number of ketones is 1. The third-order valence-corrected chi connectivity index (χ3v) is 10.7. The normalized spacial score (nSPS) is 15.6. The van der Waals surface area contributed by atoms with Crippen molar-refractivity contribution in [3.05, 3.63) is 76.7 Å². The van der Waals surface area contributed by atoms with E-state index >= 15 is 0 Å². The van der Waals surface area contributed by atoms with Gasteiger partial charge in [-0.2, -0.15) is 0 Å². The third-order valence-electron chi connectivity index (χ3n) is 10.7. The van der Waals surface area contributed by atoms with Gasteiger partial charge in [0.05, 0.1) is 5.76 Å². The first-order chi connectivity index (χ1) is 22.5. The number of fused-ring (bicyclic) bond motifs is 5. The van der Waals surface area contributed by atoms with Crippen LogP contribution in [0.5, 0.6) is 0 Å². The van der Waals surface area contributed by atoms with Gasteiger partial charge in [0.25, 0.3) is 0 Å². The van der Waals surface area contributed by atoms with Gasteiger partial charge >= 0.3 is 0 Å². The molecule has 2 aromatic heterocycles. The molecule has 4 aromatic rings. The van der Waals surface area contributed by atoms with Gasteiger partial charge in [-0.3, -0.25) is 4.79 Å². The largest absolute Gasteiger partial charge is 0.512 e. The molecule has 0 atom stereocenters. The molecule has 0 spiro atoms. The van der Waals surface area contributed by atoms with Crippen LogP contribution in [0.4, 0.5) is 0 Å². The first-order valence-corrected chi connectivity index (χ1v) is 18.3. The van der Waals surface area contributed by atoms with Crippen LogP contribution in [0.15, 0.2) is 52.8 Å². The summed E-state index contributed by atoms with van der Waals surface area (Å²) in [5.41, 5.74) is 10.0. The number of rotatable bonds is 9. The van der Waals surface area contributed by atoms with Crippen molar-refractivity contribution in [3.63, 3.8) is 0 Å². The monoisotopic (exact) mass is 843 g/mol. The molecule has 0 bridgehead atoms. The minimum Gasteiger partial charge on any atom is -0.512 e. The van der Waals surface area contributed by atoms with Crippen LogP contribution in [-0.2, 0) is 42.2 Å². The van der Waals surface area contributed by atoms with Crippen LogP contribution in [0, 0.1) is 30.2 Å². The van der Waals surface area contributed by atoms with Crippen LogP contribution < -0.4 is 0 Å². The number of aliphatic hydroxyl groups is 1. The van der Waals surface area contributed by atoms with Crippen molar-refractivity contribution >= 4 is 27.7 Å². The van der Waals surface area contributed by atoms with Crippen molar-refractivity contribution in [3.8, 4) is 11.3 Å². The number of carbonyl (C=O) groups is 1. The fraction of sp³-hybridized carbons (Fsp3) is 0.545. The van der Waals surface area contributed by atoms with E-state index in [9.17, 15) is 9.90 Å². The fourth-order valence-corrected chi connectivity index (χ4v) is 7.71. The van der Waals surface area contributed by atoms with E-state index in [1.54, 1.807) is 0 Å². The number of pyridine rings is 1. The summed E-state index contributed by atoms with van der Waals surface area (Å²) in [4.78, 5) is 16.5. The first-order valence-electron chi connectivity index (χ1n) is 18.3. The zero-order valence-electron chi connectivity index (χ0n) is 32.2. The zero-order valence-corrected chi connectivity index (χ0v) is 34.6. The van der Waals surface area contributed by atoms with Crippen LogP contribution in [0.1, 0.15) is 137 Å². The number of nitrogens with zero attached hydrogens (tertiary/aromatic N) is 1. The molecule has 1 N–H and O–H groups in total. The van der Waals surface area contributed by atoms with E-state index in [0.717, 1.165) is 60.9 Å². The number of allylic oxidation sites excluding steroid dienone is 2. The molecule has 269 valence electrons. The molecular weight excluding hydrogens is 783 g/mol. The second-order valence-electron chi connectivity index (χ2n) is 16.5. The number of hydrogen-bond acceptors (Lipinski definition) is 4. The zero-order chi connectivity index (χ0) is 35.6. The second-order valence-corrected chi connectivity index (χ2v) is 16.5. The topological polar surface area (TPSA) is 63.3 Å². The van der Waals surface area contributed by atoms with E-state index in [-0.39, 0.29) is 59.7 Å². The molecule has 2 aromatic carbocycles. The maximum atomic E-state index is 11.7. The van der Waals surface area contributed by atoms with Crippen LogP contribution >= 0.6 is 0 Å². The standard InChI is InChI=1S/C31H36NO.C13H24O2.Ir/c1-19-22(18-29(2,3)4)24-25(31(7,8)16-15-30(24,5)6)28-23(19)21-14-17-32-26(27(21)33-28)20-12-10-9-11-13-20;1-5-10(6-2)12(14)9-13(15)11(7-3)8-4;/h9-12,14,17H,15-16,18H2,1-8H3;9-11,14H,5-8H2,1-4H3;/q-1;;/b;12-9-;. The number of aliphatic hydroxyl groups excluding tert-OH is 1. The van der Waals surface area contributed by atoms with Gasteiger partial charge in [-0.25, -0.2) is 0 Å².